The van der Waals surface area contributed by atoms with Gasteiger partial charge in [0.05, 0.1) is 11.1 Å². The number of halogens is 2. The molecule has 0 saturated carbocycles. The number of aliphatic hydroxyl groups excluding tert-OH is 1. The first-order valence-corrected chi connectivity index (χ1v) is 5.40. The molecule has 0 aromatic heterocycles. The predicted octanol–water partition coefficient (Wildman–Crippen LogP) is 1.92. The molecule has 15 heavy (non-hydrogen) atoms. The minimum absolute atomic E-state index is 0.0110. The highest BCUT2D eigenvalue weighted by Gasteiger charge is 2.24. The van der Waals surface area contributed by atoms with Crippen LogP contribution in [0.3, 0.4) is 0 Å². The average Bonchev–Trinajstić information content (AvgIpc) is 2.23. The van der Waals surface area contributed by atoms with Crippen molar-refractivity contribution in [3.8, 4) is 0 Å². The van der Waals surface area contributed by atoms with E-state index in [1.807, 2.05) is 0 Å². The molecule has 2 unspecified atom stereocenters. The van der Waals surface area contributed by atoms with E-state index in [2.05, 4.69) is 5.32 Å². The van der Waals surface area contributed by atoms with E-state index in [1.165, 1.54) is 6.07 Å². The molecule has 82 valence electrons. The molecule has 2 atom stereocenters. The molecule has 1 aliphatic heterocycles. The van der Waals surface area contributed by atoms with Crippen molar-refractivity contribution in [1.29, 1.82) is 0 Å². The molecule has 1 saturated heterocycles. The lowest BCUT2D eigenvalue weighted by Crippen LogP contribution is -2.38. The molecule has 1 aliphatic rings. The molecular weight excluding hydrogens is 217 g/mol. The van der Waals surface area contributed by atoms with E-state index < -0.39 is 5.82 Å². The summed E-state index contributed by atoms with van der Waals surface area (Å²) >= 11 is 5.70. The lowest BCUT2D eigenvalue weighted by molar-refractivity contribution is 0.114. The predicted molar refractivity (Wildman–Crippen MR) is 57.6 cm³/mol. The molecule has 1 aromatic carbocycles. The SMILES string of the molecule is OC1CCNCC1c1ccc(F)c(Cl)c1. The topological polar surface area (TPSA) is 32.3 Å². The third-order valence-electron chi connectivity index (χ3n) is 2.82. The fourth-order valence-electron chi connectivity index (χ4n) is 1.93. The van der Waals surface area contributed by atoms with Crippen molar-refractivity contribution in [2.45, 2.75) is 18.4 Å². The number of nitrogens with one attached hydrogen (secondary N) is 1. The Bertz CT molecular complexity index is 358. The van der Waals surface area contributed by atoms with Gasteiger partial charge in [0.2, 0.25) is 0 Å². The summed E-state index contributed by atoms with van der Waals surface area (Å²) in [6.07, 6.45) is 0.354. The second-order valence-corrected chi connectivity index (χ2v) is 4.25. The van der Waals surface area contributed by atoms with Crippen molar-refractivity contribution in [3.63, 3.8) is 0 Å². The fourth-order valence-corrected chi connectivity index (χ4v) is 2.12. The first kappa shape index (κ1) is 10.9. The summed E-state index contributed by atoms with van der Waals surface area (Å²) in [5.74, 6) is -0.407. The van der Waals surface area contributed by atoms with Crippen LogP contribution in [0.1, 0.15) is 17.9 Å². The molecule has 2 rings (SSSR count). The third-order valence-corrected chi connectivity index (χ3v) is 3.11. The highest BCUT2D eigenvalue weighted by atomic mass is 35.5. The van der Waals surface area contributed by atoms with Gasteiger partial charge in [0.15, 0.2) is 0 Å². The van der Waals surface area contributed by atoms with Gasteiger partial charge in [0.25, 0.3) is 0 Å². The second-order valence-electron chi connectivity index (χ2n) is 3.84. The summed E-state index contributed by atoms with van der Waals surface area (Å²) in [4.78, 5) is 0. The highest BCUT2D eigenvalue weighted by Crippen LogP contribution is 2.27. The molecule has 0 radical (unpaired) electrons. The van der Waals surface area contributed by atoms with Crippen molar-refractivity contribution in [3.05, 3.63) is 34.6 Å². The van der Waals surface area contributed by atoms with Crippen LogP contribution in [0.15, 0.2) is 18.2 Å². The van der Waals surface area contributed by atoms with E-state index in [9.17, 15) is 9.50 Å². The summed E-state index contributed by atoms with van der Waals surface area (Å²) in [5.41, 5.74) is 0.890. The lowest BCUT2D eigenvalue weighted by atomic mass is 9.89. The van der Waals surface area contributed by atoms with E-state index in [-0.39, 0.29) is 17.0 Å². The molecule has 0 bridgehead atoms. The van der Waals surface area contributed by atoms with Gasteiger partial charge in [-0.2, -0.15) is 0 Å². The Hall–Kier alpha value is -0.640. The Balaban J connectivity index is 2.24. The largest absolute Gasteiger partial charge is 0.392 e. The maximum Gasteiger partial charge on any atom is 0.141 e. The van der Waals surface area contributed by atoms with E-state index in [0.29, 0.717) is 6.54 Å². The van der Waals surface area contributed by atoms with E-state index in [1.54, 1.807) is 12.1 Å². The van der Waals surface area contributed by atoms with Crippen LogP contribution in [0.5, 0.6) is 0 Å². The minimum atomic E-state index is -0.418. The highest BCUT2D eigenvalue weighted by molar-refractivity contribution is 6.30. The molecule has 1 heterocycles. The Kier molecular flexibility index (Phi) is 3.24. The number of hydrogen-bond acceptors (Lipinski definition) is 2. The number of hydrogen-bond donors (Lipinski definition) is 2. The van der Waals surface area contributed by atoms with Crippen LogP contribution in [0.25, 0.3) is 0 Å². The molecule has 0 aliphatic carbocycles. The summed E-state index contributed by atoms with van der Waals surface area (Å²) in [6, 6.07) is 4.62. The smallest absolute Gasteiger partial charge is 0.141 e. The zero-order chi connectivity index (χ0) is 10.8. The standard InChI is InChI=1S/C11H13ClFNO/c12-9-5-7(1-2-10(9)13)8-6-14-4-3-11(8)15/h1-2,5,8,11,14-15H,3-4,6H2. The minimum Gasteiger partial charge on any atom is -0.392 e. The molecule has 1 fully saturated rings. The van der Waals surface area contributed by atoms with E-state index >= 15 is 0 Å². The molecule has 0 amide bonds. The number of aliphatic hydroxyl groups is 1. The Morgan fingerprint density at radius 3 is 2.93 bits per heavy atom. The number of piperidine rings is 1. The molecule has 2 N–H and O–H groups in total. The quantitative estimate of drug-likeness (QED) is 0.771. The number of rotatable bonds is 1. The van der Waals surface area contributed by atoms with Crippen molar-refractivity contribution >= 4 is 11.6 Å². The molecule has 2 nitrogen and oxygen atoms in total. The normalized spacial score (nSPS) is 26.6. The summed E-state index contributed by atoms with van der Waals surface area (Å²) < 4.78 is 13.0. The zero-order valence-electron chi connectivity index (χ0n) is 8.21. The van der Waals surface area contributed by atoms with Gasteiger partial charge in [-0.3, -0.25) is 0 Å². The van der Waals surface area contributed by atoms with Gasteiger partial charge >= 0.3 is 0 Å². The van der Waals surface area contributed by atoms with Crippen molar-refractivity contribution in [2.75, 3.05) is 13.1 Å². The first-order chi connectivity index (χ1) is 7.18. The van der Waals surface area contributed by atoms with Crippen LogP contribution in [-0.2, 0) is 0 Å². The summed E-state index contributed by atoms with van der Waals surface area (Å²) in [7, 11) is 0. The van der Waals surface area contributed by atoms with Gasteiger partial charge < -0.3 is 10.4 Å². The molecule has 0 spiro atoms. The van der Waals surface area contributed by atoms with E-state index in [0.717, 1.165) is 18.5 Å². The Labute approximate surface area is 93.1 Å². The lowest BCUT2D eigenvalue weighted by Gasteiger charge is -2.28. The van der Waals surface area contributed by atoms with E-state index in [4.69, 9.17) is 11.6 Å². The average molecular weight is 230 g/mol. The van der Waals surface area contributed by atoms with Gasteiger partial charge in [-0.1, -0.05) is 17.7 Å². The Morgan fingerprint density at radius 2 is 2.27 bits per heavy atom. The van der Waals surface area contributed by atoms with Crippen molar-refractivity contribution in [2.24, 2.45) is 0 Å². The molecule has 4 heteroatoms. The van der Waals surface area contributed by atoms with Gasteiger partial charge in [-0.15, -0.1) is 0 Å². The van der Waals surface area contributed by atoms with Crippen LogP contribution in [0.2, 0.25) is 5.02 Å². The Morgan fingerprint density at radius 1 is 1.47 bits per heavy atom. The van der Waals surface area contributed by atoms with Crippen molar-refractivity contribution < 1.29 is 9.50 Å². The van der Waals surface area contributed by atoms with Gasteiger partial charge in [-0.25, -0.2) is 4.39 Å². The third kappa shape index (κ3) is 2.30. The van der Waals surface area contributed by atoms with Gasteiger partial charge in [0.1, 0.15) is 5.82 Å². The van der Waals surface area contributed by atoms with Gasteiger partial charge in [-0.05, 0) is 30.7 Å². The fraction of sp³-hybridized carbons (Fsp3) is 0.455. The van der Waals surface area contributed by atoms with Crippen molar-refractivity contribution in [1.82, 2.24) is 5.32 Å². The van der Waals surface area contributed by atoms with Crippen LogP contribution >= 0.6 is 11.6 Å². The van der Waals surface area contributed by atoms with Crippen LogP contribution in [0, 0.1) is 5.82 Å². The van der Waals surface area contributed by atoms with Crippen LogP contribution in [0.4, 0.5) is 4.39 Å². The summed E-state index contributed by atoms with van der Waals surface area (Å²) in [6.45, 7) is 1.54. The maximum atomic E-state index is 13.0. The number of benzene rings is 1. The summed E-state index contributed by atoms with van der Waals surface area (Å²) in [5, 5.41) is 13.1. The maximum absolute atomic E-state index is 13.0. The van der Waals surface area contributed by atoms with Crippen LogP contribution in [-0.4, -0.2) is 24.3 Å². The molecule has 1 aromatic rings. The van der Waals surface area contributed by atoms with Crippen LogP contribution < -0.4 is 5.32 Å². The molecular formula is C11H13ClFNO. The monoisotopic (exact) mass is 229 g/mol. The van der Waals surface area contributed by atoms with Gasteiger partial charge in [0, 0.05) is 12.5 Å². The zero-order valence-corrected chi connectivity index (χ0v) is 8.97. The first-order valence-electron chi connectivity index (χ1n) is 5.02. The second kappa shape index (κ2) is 4.47.